The van der Waals surface area contributed by atoms with Crippen molar-refractivity contribution in [2.75, 3.05) is 19.0 Å². The van der Waals surface area contributed by atoms with Gasteiger partial charge in [-0.2, -0.15) is 0 Å². The summed E-state index contributed by atoms with van der Waals surface area (Å²) in [5.74, 6) is -0.128. The quantitative estimate of drug-likeness (QED) is 0.824. The van der Waals surface area contributed by atoms with Gasteiger partial charge in [0, 0.05) is 29.4 Å². The number of halogens is 2. The first-order chi connectivity index (χ1) is 9.65. The van der Waals surface area contributed by atoms with Crippen LogP contribution in [0.3, 0.4) is 0 Å². The second-order valence-corrected chi connectivity index (χ2v) is 5.60. The summed E-state index contributed by atoms with van der Waals surface area (Å²) >= 11 is 3.46. The maximum absolute atomic E-state index is 12.2. The Kier molecular flexibility index (Phi) is 7.62. The van der Waals surface area contributed by atoms with Crippen molar-refractivity contribution in [1.29, 1.82) is 0 Å². The summed E-state index contributed by atoms with van der Waals surface area (Å²) in [6.45, 7) is 0.879. The molecule has 0 aliphatic carbocycles. The number of nitrogens with one attached hydrogen (secondary N) is 1. The first kappa shape index (κ1) is 18.4. The maximum Gasteiger partial charge on any atom is 0.253 e. The second-order valence-electron chi connectivity index (χ2n) is 4.75. The predicted octanol–water partition coefficient (Wildman–Crippen LogP) is 2.46. The van der Waals surface area contributed by atoms with Gasteiger partial charge in [-0.25, -0.2) is 0 Å². The van der Waals surface area contributed by atoms with Gasteiger partial charge in [0.05, 0.1) is 12.7 Å². The molecule has 0 bridgehead atoms. The third kappa shape index (κ3) is 4.66. The minimum Gasteiger partial charge on any atom is -0.380 e. The average Bonchev–Trinajstić information content (AvgIpc) is 2.91. The van der Waals surface area contributed by atoms with Gasteiger partial charge in [-0.1, -0.05) is 22.0 Å². The van der Waals surface area contributed by atoms with Crippen LogP contribution in [0.1, 0.15) is 18.4 Å². The van der Waals surface area contributed by atoms with E-state index in [0.717, 1.165) is 22.1 Å². The second kappa shape index (κ2) is 8.70. The topological polar surface area (TPSA) is 73.6 Å². The van der Waals surface area contributed by atoms with Crippen molar-refractivity contribution in [2.24, 2.45) is 5.73 Å². The molecule has 7 heteroatoms. The first-order valence-corrected chi connectivity index (χ1v) is 7.37. The molecule has 0 unspecified atom stereocenters. The molecule has 0 saturated carbocycles. The number of rotatable bonds is 5. The monoisotopic (exact) mass is 378 g/mol. The van der Waals surface area contributed by atoms with E-state index in [2.05, 4.69) is 21.2 Å². The van der Waals surface area contributed by atoms with Gasteiger partial charge in [-0.3, -0.25) is 4.79 Å². The van der Waals surface area contributed by atoms with Crippen LogP contribution in [0.15, 0.2) is 22.7 Å². The van der Waals surface area contributed by atoms with Crippen LogP contribution >= 0.6 is 28.3 Å². The number of ether oxygens (including phenoxy) is 2. The number of anilines is 1. The van der Waals surface area contributed by atoms with E-state index in [1.165, 1.54) is 0 Å². The van der Waals surface area contributed by atoms with Crippen molar-refractivity contribution in [3.8, 4) is 0 Å². The molecule has 1 amide bonds. The van der Waals surface area contributed by atoms with Gasteiger partial charge in [-0.05, 0) is 25.0 Å². The van der Waals surface area contributed by atoms with E-state index in [1.54, 1.807) is 7.11 Å². The van der Waals surface area contributed by atoms with E-state index in [4.69, 9.17) is 15.2 Å². The number of amides is 1. The Morgan fingerprint density at radius 1 is 1.52 bits per heavy atom. The summed E-state index contributed by atoms with van der Waals surface area (Å²) in [6, 6.07) is 5.64. The van der Waals surface area contributed by atoms with Gasteiger partial charge in [-0.15, -0.1) is 12.4 Å². The largest absolute Gasteiger partial charge is 0.380 e. The molecule has 1 aliphatic heterocycles. The highest BCUT2D eigenvalue weighted by Crippen LogP contribution is 2.27. The van der Waals surface area contributed by atoms with Crippen LogP contribution in [0.4, 0.5) is 5.69 Å². The van der Waals surface area contributed by atoms with Crippen molar-refractivity contribution in [3.63, 3.8) is 0 Å². The molecule has 1 aliphatic rings. The summed E-state index contributed by atoms with van der Waals surface area (Å²) < 4.78 is 11.7. The Balaban J connectivity index is 0.00000220. The molecule has 1 saturated heterocycles. The fraction of sp³-hybridized carbons (Fsp3) is 0.500. The molecule has 118 valence electrons. The molecule has 5 nitrogen and oxygen atoms in total. The third-order valence-electron chi connectivity index (χ3n) is 3.33. The van der Waals surface area contributed by atoms with Crippen LogP contribution < -0.4 is 11.1 Å². The number of hydrogen-bond acceptors (Lipinski definition) is 4. The number of carbonyl (C=O) groups is 1. The lowest BCUT2D eigenvalue weighted by molar-refractivity contribution is -0.126. The van der Waals surface area contributed by atoms with Crippen molar-refractivity contribution in [3.05, 3.63) is 28.2 Å². The molecule has 21 heavy (non-hydrogen) atoms. The van der Waals surface area contributed by atoms with E-state index in [1.807, 2.05) is 18.2 Å². The lowest BCUT2D eigenvalue weighted by atomic mass is 10.1. The van der Waals surface area contributed by atoms with Crippen LogP contribution in [0.25, 0.3) is 0 Å². The summed E-state index contributed by atoms with van der Waals surface area (Å²) in [5, 5.41) is 2.91. The molecule has 2 rings (SSSR count). The SMILES string of the molecule is COCc1c(Br)cccc1NC(=O)[C@@H]1CC[C@H](CN)O1.Cl. The molecule has 1 aromatic rings. The number of nitrogens with two attached hydrogens (primary N) is 1. The number of benzene rings is 1. The van der Waals surface area contributed by atoms with E-state index in [0.29, 0.717) is 19.6 Å². The van der Waals surface area contributed by atoms with Crippen molar-refractivity contribution >= 4 is 39.9 Å². The fourth-order valence-electron chi connectivity index (χ4n) is 2.25. The van der Waals surface area contributed by atoms with Crippen LogP contribution in [0.2, 0.25) is 0 Å². The van der Waals surface area contributed by atoms with E-state index >= 15 is 0 Å². The minimum atomic E-state index is -0.419. The van der Waals surface area contributed by atoms with Crippen molar-refractivity contribution in [2.45, 2.75) is 31.7 Å². The molecule has 1 fully saturated rings. The summed E-state index contributed by atoms with van der Waals surface area (Å²) in [5.41, 5.74) is 7.21. The van der Waals surface area contributed by atoms with Gasteiger partial charge in [0.25, 0.3) is 5.91 Å². The number of hydrogen-bond donors (Lipinski definition) is 2. The number of methoxy groups -OCH3 is 1. The van der Waals surface area contributed by atoms with Gasteiger partial charge < -0.3 is 20.5 Å². The zero-order chi connectivity index (χ0) is 14.5. The van der Waals surface area contributed by atoms with Crippen LogP contribution in [-0.4, -0.2) is 31.8 Å². The molecule has 1 aromatic carbocycles. The zero-order valence-corrected chi connectivity index (χ0v) is 14.2. The Morgan fingerprint density at radius 2 is 2.29 bits per heavy atom. The molecular weight excluding hydrogens is 360 g/mol. The average molecular weight is 380 g/mol. The van der Waals surface area contributed by atoms with E-state index in [9.17, 15) is 4.79 Å². The smallest absolute Gasteiger partial charge is 0.253 e. The molecule has 3 N–H and O–H groups in total. The van der Waals surface area contributed by atoms with Crippen molar-refractivity contribution in [1.82, 2.24) is 0 Å². The van der Waals surface area contributed by atoms with Gasteiger partial charge >= 0.3 is 0 Å². The number of carbonyl (C=O) groups excluding carboxylic acids is 1. The highest BCUT2D eigenvalue weighted by molar-refractivity contribution is 9.10. The highest BCUT2D eigenvalue weighted by Gasteiger charge is 2.30. The molecule has 2 atom stereocenters. The van der Waals surface area contributed by atoms with Crippen LogP contribution in [0.5, 0.6) is 0 Å². The highest BCUT2D eigenvalue weighted by atomic mass is 79.9. The molecule has 0 radical (unpaired) electrons. The van der Waals surface area contributed by atoms with Crippen LogP contribution in [0, 0.1) is 0 Å². The molecule has 0 spiro atoms. The summed E-state index contributed by atoms with van der Waals surface area (Å²) in [6.07, 6.45) is 1.11. The molecular formula is C14H20BrClN2O3. The Hall–Kier alpha value is -0.660. The normalized spacial score (nSPS) is 20.9. The Labute approximate surface area is 139 Å². The first-order valence-electron chi connectivity index (χ1n) is 6.58. The summed E-state index contributed by atoms with van der Waals surface area (Å²) in [4.78, 5) is 12.2. The molecule has 0 aromatic heterocycles. The van der Waals surface area contributed by atoms with Gasteiger partial charge in [0.2, 0.25) is 0 Å². The third-order valence-corrected chi connectivity index (χ3v) is 4.07. The zero-order valence-electron chi connectivity index (χ0n) is 11.8. The Bertz CT molecular complexity index is 487. The van der Waals surface area contributed by atoms with Gasteiger partial charge in [0.15, 0.2) is 0 Å². The molecule has 1 heterocycles. The maximum atomic E-state index is 12.2. The van der Waals surface area contributed by atoms with E-state index in [-0.39, 0.29) is 24.4 Å². The lowest BCUT2D eigenvalue weighted by Crippen LogP contribution is -2.30. The standard InChI is InChI=1S/C14H19BrN2O3.ClH/c1-19-8-10-11(15)3-2-4-12(10)17-14(18)13-6-5-9(7-16)20-13;/h2-4,9,13H,5-8,16H2,1H3,(H,17,18);1H/t9-,13+;/m1./s1. The van der Waals surface area contributed by atoms with Gasteiger partial charge in [0.1, 0.15) is 6.10 Å². The predicted molar refractivity (Wildman–Crippen MR) is 87.7 cm³/mol. The van der Waals surface area contributed by atoms with Crippen molar-refractivity contribution < 1.29 is 14.3 Å². The van der Waals surface area contributed by atoms with E-state index < -0.39 is 6.10 Å². The lowest BCUT2D eigenvalue weighted by Gasteiger charge is -2.15. The Morgan fingerprint density at radius 3 is 2.90 bits per heavy atom. The minimum absolute atomic E-state index is 0. The fourth-order valence-corrected chi connectivity index (χ4v) is 2.73. The summed E-state index contributed by atoms with van der Waals surface area (Å²) in [7, 11) is 1.62. The van der Waals surface area contributed by atoms with Crippen LogP contribution in [-0.2, 0) is 20.9 Å².